The van der Waals surface area contributed by atoms with Gasteiger partial charge < -0.3 is 10.2 Å². The van der Waals surface area contributed by atoms with E-state index in [1.54, 1.807) is 0 Å². The summed E-state index contributed by atoms with van der Waals surface area (Å²) in [6.07, 6.45) is 3.35. The van der Waals surface area contributed by atoms with E-state index in [0.29, 0.717) is 24.5 Å². The summed E-state index contributed by atoms with van der Waals surface area (Å²) < 4.78 is 25.2. The van der Waals surface area contributed by atoms with Crippen molar-refractivity contribution in [3.05, 3.63) is 34.9 Å². The molecule has 2 unspecified atom stereocenters. The van der Waals surface area contributed by atoms with Crippen molar-refractivity contribution in [1.29, 1.82) is 0 Å². The van der Waals surface area contributed by atoms with E-state index in [2.05, 4.69) is 5.32 Å². The molecule has 1 aromatic carbocycles. The highest BCUT2D eigenvalue weighted by molar-refractivity contribution is 7.88. The number of rotatable bonds is 6. The van der Waals surface area contributed by atoms with Crippen LogP contribution >= 0.6 is 11.6 Å². The SMILES string of the molecule is CN(C)C(CNC(=O)C1CCCCN1S(C)(=O)=O)c1ccccc1Cl. The first-order chi connectivity index (χ1) is 11.7. The summed E-state index contributed by atoms with van der Waals surface area (Å²) >= 11 is 6.28. The second-order valence-electron chi connectivity index (χ2n) is 6.63. The van der Waals surface area contributed by atoms with E-state index >= 15 is 0 Å². The molecule has 25 heavy (non-hydrogen) atoms. The number of hydrogen-bond donors (Lipinski definition) is 1. The van der Waals surface area contributed by atoms with Crippen LogP contribution in [0.2, 0.25) is 5.02 Å². The van der Waals surface area contributed by atoms with Crippen LogP contribution in [0.4, 0.5) is 0 Å². The number of halogens is 1. The Morgan fingerprint density at radius 1 is 1.36 bits per heavy atom. The summed E-state index contributed by atoms with van der Waals surface area (Å²) in [5.41, 5.74) is 0.929. The van der Waals surface area contributed by atoms with Crippen LogP contribution in [0.3, 0.4) is 0 Å². The van der Waals surface area contributed by atoms with Gasteiger partial charge in [0.15, 0.2) is 0 Å². The van der Waals surface area contributed by atoms with Crippen LogP contribution < -0.4 is 5.32 Å². The smallest absolute Gasteiger partial charge is 0.238 e. The molecule has 8 heteroatoms. The molecule has 1 amide bonds. The summed E-state index contributed by atoms with van der Waals surface area (Å²) in [5, 5.41) is 3.56. The van der Waals surface area contributed by atoms with E-state index < -0.39 is 16.1 Å². The van der Waals surface area contributed by atoms with Crippen LogP contribution in [0.5, 0.6) is 0 Å². The maximum Gasteiger partial charge on any atom is 0.238 e. The minimum Gasteiger partial charge on any atom is -0.353 e. The first-order valence-corrected chi connectivity index (χ1v) is 10.6. The van der Waals surface area contributed by atoms with Gasteiger partial charge in [0.2, 0.25) is 15.9 Å². The fourth-order valence-electron chi connectivity index (χ4n) is 3.20. The number of likely N-dealkylation sites (N-methyl/N-ethyl adjacent to an activating group) is 1. The van der Waals surface area contributed by atoms with Crippen LogP contribution in [-0.2, 0) is 14.8 Å². The largest absolute Gasteiger partial charge is 0.353 e. The fraction of sp³-hybridized carbons (Fsp3) is 0.588. The third kappa shape index (κ3) is 5.17. The minimum atomic E-state index is -3.39. The highest BCUT2D eigenvalue weighted by Crippen LogP contribution is 2.26. The van der Waals surface area contributed by atoms with Gasteiger partial charge in [0.05, 0.1) is 12.3 Å². The molecule has 0 saturated carbocycles. The standard InChI is InChI=1S/C17H26ClN3O3S/c1-20(2)16(13-8-4-5-9-14(13)18)12-19-17(22)15-10-6-7-11-21(15)25(3,23)24/h4-5,8-9,15-16H,6-7,10-12H2,1-3H3,(H,19,22). The molecule has 6 nitrogen and oxygen atoms in total. The molecule has 0 aromatic heterocycles. The molecule has 0 spiro atoms. The number of carbonyl (C=O) groups excluding carboxylic acids is 1. The second kappa shape index (κ2) is 8.49. The molecule has 2 rings (SSSR count). The van der Waals surface area contributed by atoms with Crippen molar-refractivity contribution in [3.63, 3.8) is 0 Å². The molecule has 1 fully saturated rings. The number of sulfonamides is 1. The zero-order valence-corrected chi connectivity index (χ0v) is 16.5. The maximum absolute atomic E-state index is 12.6. The number of nitrogens with zero attached hydrogens (tertiary/aromatic N) is 2. The van der Waals surface area contributed by atoms with Crippen LogP contribution in [0.15, 0.2) is 24.3 Å². The van der Waals surface area contributed by atoms with Gasteiger partial charge in [-0.15, -0.1) is 0 Å². The van der Waals surface area contributed by atoms with Gasteiger partial charge in [-0.1, -0.05) is 36.2 Å². The van der Waals surface area contributed by atoms with Gasteiger partial charge >= 0.3 is 0 Å². The lowest BCUT2D eigenvalue weighted by Gasteiger charge is -2.33. The van der Waals surface area contributed by atoms with Crippen molar-refractivity contribution in [2.75, 3.05) is 33.4 Å². The van der Waals surface area contributed by atoms with Crippen LogP contribution in [0.1, 0.15) is 30.9 Å². The van der Waals surface area contributed by atoms with Gasteiger partial charge in [0, 0.05) is 18.1 Å². The molecule has 1 N–H and O–H groups in total. The van der Waals surface area contributed by atoms with Gasteiger partial charge in [0.25, 0.3) is 0 Å². The van der Waals surface area contributed by atoms with E-state index in [0.717, 1.165) is 24.7 Å². The Morgan fingerprint density at radius 3 is 2.64 bits per heavy atom. The Kier molecular flexibility index (Phi) is 6.85. The van der Waals surface area contributed by atoms with Crippen molar-refractivity contribution < 1.29 is 13.2 Å². The Bertz CT molecular complexity index is 709. The predicted molar refractivity (Wildman–Crippen MR) is 100 cm³/mol. The first kappa shape index (κ1) is 20.2. The predicted octanol–water partition coefficient (Wildman–Crippen LogP) is 1.87. The normalized spacial score (nSPS) is 20.4. The Balaban J connectivity index is 2.09. The lowest BCUT2D eigenvalue weighted by atomic mass is 10.0. The van der Waals surface area contributed by atoms with Gasteiger partial charge in [-0.2, -0.15) is 4.31 Å². The van der Waals surface area contributed by atoms with E-state index in [1.165, 1.54) is 4.31 Å². The average Bonchev–Trinajstić information content (AvgIpc) is 2.55. The number of amides is 1. The number of benzene rings is 1. The highest BCUT2D eigenvalue weighted by Gasteiger charge is 2.34. The molecule has 1 aliphatic heterocycles. The fourth-order valence-corrected chi connectivity index (χ4v) is 4.58. The molecule has 1 aliphatic rings. The van der Waals surface area contributed by atoms with Crippen molar-refractivity contribution >= 4 is 27.5 Å². The zero-order valence-electron chi connectivity index (χ0n) is 14.9. The van der Waals surface area contributed by atoms with E-state index in [9.17, 15) is 13.2 Å². The molecule has 1 aromatic rings. The summed E-state index contributed by atoms with van der Waals surface area (Å²) in [4.78, 5) is 14.6. The molecule has 1 heterocycles. The quantitative estimate of drug-likeness (QED) is 0.809. The Labute approximate surface area is 155 Å². The number of hydrogen-bond acceptors (Lipinski definition) is 4. The zero-order chi connectivity index (χ0) is 18.6. The maximum atomic E-state index is 12.6. The Hall–Kier alpha value is -1.15. The van der Waals surface area contributed by atoms with Crippen LogP contribution in [0, 0.1) is 0 Å². The minimum absolute atomic E-state index is 0.0899. The van der Waals surface area contributed by atoms with Gasteiger partial charge in [0.1, 0.15) is 6.04 Å². The molecule has 0 bridgehead atoms. The van der Waals surface area contributed by atoms with E-state index in [-0.39, 0.29) is 11.9 Å². The second-order valence-corrected chi connectivity index (χ2v) is 8.97. The van der Waals surface area contributed by atoms with Crippen molar-refractivity contribution in [2.45, 2.75) is 31.3 Å². The van der Waals surface area contributed by atoms with E-state index in [4.69, 9.17) is 11.6 Å². The molecular weight excluding hydrogens is 362 g/mol. The van der Waals surface area contributed by atoms with Crippen molar-refractivity contribution in [3.8, 4) is 0 Å². The number of carbonyl (C=O) groups is 1. The molecule has 2 atom stereocenters. The molecular formula is C17H26ClN3O3S. The Morgan fingerprint density at radius 2 is 2.04 bits per heavy atom. The third-order valence-electron chi connectivity index (χ3n) is 4.54. The summed E-state index contributed by atoms with van der Waals surface area (Å²) in [6.45, 7) is 0.766. The van der Waals surface area contributed by atoms with Crippen molar-refractivity contribution in [1.82, 2.24) is 14.5 Å². The molecule has 1 saturated heterocycles. The van der Waals surface area contributed by atoms with Crippen LogP contribution in [-0.4, -0.2) is 63.0 Å². The number of piperidine rings is 1. The lowest BCUT2D eigenvalue weighted by molar-refractivity contribution is -0.125. The van der Waals surface area contributed by atoms with E-state index in [1.807, 2.05) is 43.3 Å². The topological polar surface area (TPSA) is 69.7 Å². The third-order valence-corrected chi connectivity index (χ3v) is 6.17. The number of nitrogens with one attached hydrogen (secondary N) is 1. The summed E-state index contributed by atoms with van der Waals surface area (Å²) in [5.74, 6) is -0.246. The van der Waals surface area contributed by atoms with Gasteiger partial charge in [-0.25, -0.2) is 8.42 Å². The van der Waals surface area contributed by atoms with Gasteiger partial charge in [-0.3, -0.25) is 4.79 Å². The summed E-state index contributed by atoms with van der Waals surface area (Å²) in [6, 6.07) is 6.81. The van der Waals surface area contributed by atoms with Crippen LogP contribution in [0.25, 0.3) is 0 Å². The molecule has 0 aliphatic carbocycles. The average molecular weight is 388 g/mol. The highest BCUT2D eigenvalue weighted by atomic mass is 35.5. The van der Waals surface area contributed by atoms with Gasteiger partial charge in [-0.05, 0) is 38.6 Å². The molecule has 140 valence electrons. The molecule has 0 radical (unpaired) electrons. The monoisotopic (exact) mass is 387 g/mol. The first-order valence-electron chi connectivity index (χ1n) is 8.37. The van der Waals surface area contributed by atoms with Crippen molar-refractivity contribution in [2.24, 2.45) is 0 Å². The summed E-state index contributed by atoms with van der Waals surface area (Å²) in [7, 11) is 0.448. The lowest BCUT2D eigenvalue weighted by Crippen LogP contribution is -2.52.